The molecule has 0 spiro atoms. The van der Waals surface area contributed by atoms with E-state index in [2.05, 4.69) is 4.90 Å². The second-order valence-corrected chi connectivity index (χ2v) is 9.28. The number of benzene rings is 3. The number of aromatic nitrogens is 2. The summed E-state index contributed by atoms with van der Waals surface area (Å²) in [6.45, 7) is 4.24. The summed E-state index contributed by atoms with van der Waals surface area (Å²) in [7, 11) is 3.19. The number of non-ortho nitro benzene ring substituents is 1. The van der Waals surface area contributed by atoms with Gasteiger partial charge in [0.1, 0.15) is 17.2 Å². The van der Waals surface area contributed by atoms with E-state index in [0.29, 0.717) is 49.1 Å². The Morgan fingerprint density at radius 1 is 0.897 bits per heavy atom. The number of carbonyl (C=O) groups is 1. The number of rotatable bonds is 7. The van der Waals surface area contributed by atoms with E-state index in [4.69, 9.17) is 14.6 Å². The molecule has 1 aliphatic heterocycles. The van der Waals surface area contributed by atoms with Crippen molar-refractivity contribution in [3.63, 3.8) is 0 Å². The van der Waals surface area contributed by atoms with Gasteiger partial charge in [0, 0.05) is 55.6 Å². The van der Waals surface area contributed by atoms with Gasteiger partial charge in [-0.05, 0) is 55.0 Å². The van der Waals surface area contributed by atoms with Crippen LogP contribution < -0.4 is 14.4 Å². The minimum atomic E-state index is -0.409. The highest BCUT2D eigenvalue weighted by atomic mass is 16.6. The molecule has 2 heterocycles. The molecule has 1 aliphatic rings. The Labute approximate surface area is 226 Å². The molecule has 200 valence electrons. The number of amides is 1. The fraction of sp³-hybridized carbons (Fsp3) is 0.241. The van der Waals surface area contributed by atoms with Crippen LogP contribution >= 0.6 is 0 Å². The summed E-state index contributed by atoms with van der Waals surface area (Å²) >= 11 is 0. The number of ether oxygens (including phenoxy) is 2. The third-order valence-electron chi connectivity index (χ3n) is 6.85. The van der Waals surface area contributed by atoms with Crippen molar-refractivity contribution in [3.8, 4) is 28.4 Å². The number of hydrogen-bond acceptors (Lipinski definition) is 7. The normalized spacial score (nSPS) is 13.3. The van der Waals surface area contributed by atoms with Crippen molar-refractivity contribution in [1.29, 1.82) is 0 Å². The number of nitro benzene ring substituents is 1. The highest BCUT2D eigenvalue weighted by molar-refractivity contribution is 5.95. The molecule has 1 fully saturated rings. The van der Waals surface area contributed by atoms with Crippen LogP contribution in [0.4, 0.5) is 11.4 Å². The Morgan fingerprint density at radius 2 is 1.64 bits per heavy atom. The van der Waals surface area contributed by atoms with E-state index in [1.807, 2.05) is 48.2 Å². The van der Waals surface area contributed by atoms with Crippen LogP contribution in [0.5, 0.6) is 11.5 Å². The van der Waals surface area contributed by atoms with E-state index < -0.39 is 4.92 Å². The van der Waals surface area contributed by atoms with Gasteiger partial charge in [-0.25, -0.2) is 4.68 Å². The zero-order valence-electron chi connectivity index (χ0n) is 22.0. The van der Waals surface area contributed by atoms with Gasteiger partial charge in [0.2, 0.25) is 0 Å². The van der Waals surface area contributed by atoms with Crippen LogP contribution in [-0.4, -0.2) is 65.9 Å². The minimum Gasteiger partial charge on any atom is -0.497 e. The number of nitro groups is 1. The van der Waals surface area contributed by atoms with Crippen LogP contribution in [-0.2, 0) is 0 Å². The molecule has 1 amide bonds. The highest BCUT2D eigenvalue weighted by Gasteiger charge is 2.27. The van der Waals surface area contributed by atoms with Gasteiger partial charge in [-0.1, -0.05) is 12.1 Å². The maximum absolute atomic E-state index is 13.9. The summed E-state index contributed by atoms with van der Waals surface area (Å²) in [6, 6.07) is 21.7. The van der Waals surface area contributed by atoms with Crippen LogP contribution in [0.3, 0.4) is 0 Å². The molecule has 3 aromatic carbocycles. The van der Waals surface area contributed by atoms with Gasteiger partial charge in [0.25, 0.3) is 11.6 Å². The van der Waals surface area contributed by atoms with Crippen molar-refractivity contribution < 1.29 is 19.2 Å². The van der Waals surface area contributed by atoms with E-state index in [1.54, 1.807) is 43.2 Å². The molecule has 5 rings (SSSR count). The number of carbonyl (C=O) groups excluding carboxylic acids is 1. The summed E-state index contributed by atoms with van der Waals surface area (Å²) < 4.78 is 12.6. The summed E-state index contributed by atoms with van der Waals surface area (Å²) in [5.41, 5.74) is 4.62. The first-order chi connectivity index (χ1) is 18.9. The van der Waals surface area contributed by atoms with Crippen molar-refractivity contribution >= 4 is 17.3 Å². The molecule has 4 aromatic rings. The van der Waals surface area contributed by atoms with E-state index in [9.17, 15) is 14.9 Å². The molecule has 0 bridgehead atoms. The summed E-state index contributed by atoms with van der Waals surface area (Å²) in [4.78, 5) is 28.4. The van der Waals surface area contributed by atoms with E-state index >= 15 is 0 Å². The molecule has 0 unspecified atom stereocenters. The Bertz CT molecular complexity index is 1510. The van der Waals surface area contributed by atoms with Crippen molar-refractivity contribution in [2.45, 2.75) is 6.92 Å². The lowest BCUT2D eigenvalue weighted by molar-refractivity contribution is -0.384. The zero-order chi connectivity index (χ0) is 27.5. The predicted octanol–water partition coefficient (Wildman–Crippen LogP) is 4.74. The Morgan fingerprint density at radius 3 is 2.28 bits per heavy atom. The smallest absolute Gasteiger partial charge is 0.272 e. The number of methoxy groups -OCH3 is 2. The number of anilines is 1. The highest BCUT2D eigenvalue weighted by Crippen LogP contribution is 2.34. The van der Waals surface area contributed by atoms with Crippen LogP contribution in [0.15, 0.2) is 72.8 Å². The molecule has 0 radical (unpaired) electrons. The van der Waals surface area contributed by atoms with Crippen molar-refractivity contribution in [2.75, 3.05) is 45.3 Å². The standard InChI is InChI=1S/C29H29N5O5/c1-20-5-4-6-23(17-20)33-27(19-26(30-33)25-12-11-24(38-2)18-28(25)39-3)29(35)32-15-13-31(14-16-32)21-7-9-22(10-8-21)34(36)37/h4-12,17-19H,13-16H2,1-3H3. The fourth-order valence-electron chi connectivity index (χ4n) is 4.75. The zero-order valence-corrected chi connectivity index (χ0v) is 22.0. The van der Waals surface area contributed by atoms with E-state index in [-0.39, 0.29) is 11.6 Å². The lowest BCUT2D eigenvalue weighted by atomic mass is 10.1. The van der Waals surface area contributed by atoms with Crippen LogP contribution in [0.2, 0.25) is 0 Å². The molecule has 0 saturated carbocycles. The van der Waals surface area contributed by atoms with Gasteiger partial charge in [-0.2, -0.15) is 5.10 Å². The summed E-state index contributed by atoms with van der Waals surface area (Å²) in [5, 5.41) is 15.8. The molecule has 39 heavy (non-hydrogen) atoms. The Kier molecular flexibility index (Phi) is 7.18. The predicted molar refractivity (Wildman–Crippen MR) is 148 cm³/mol. The van der Waals surface area contributed by atoms with Crippen LogP contribution in [0.25, 0.3) is 16.9 Å². The molecular formula is C29H29N5O5. The SMILES string of the molecule is COc1ccc(-c2cc(C(=O)N3CCN(c4ccc([N+](=O)[O-])cc4)CC3)n(-c3cccc(C)c3)n2)c(OC)c1. The van der Waals surface area contributed by atoms with Gasteiger partial charge in [-0.3, -0.25) is 14.9 Å². The maximum Gasteiger partial charge on any atom is 0.272 e. The molecule has 1 aromatic heterocycles. The number of piperazine rings is 1. The lowest BCUT2D eigenvalue weighted by Crippen LogP contribution is -2.49. The third kappa shape index (κ3) is 5.26. The van der Waals surface area contributed by atoms with Crippen LogP contribution in [0, 0.1) is 17.0 Å². The number of aryl methyl sites for hydroxylation is 1. The quantitative estimate of drug-likeness (QED) is 0.253. The van der Waals surface area contributed by atoms with Crippen LogP contribution in [0.1, 0.15) is 16.1 Å². The van der Waals surface area contributed by atoms with Gasteiger partial charge in [-0.15, -0.1) is 0 Å². The second kappa shape index (κ2) is 10.9. The van der Waals surface area contributed by atoms with Crippen molar-refractivity contribution in [3.05, 3.63) is 94.2 Å². The molecule has 0 atom stereocenters. The summed E-state index contributed by atoms with van der Waals surface area (Å²) in [6.07, 6.45) is 0. The fourth-order valence-corrected chi connectivity index (χ4v) is 4.75. The Hall–Kier alpha value is -4.86. The Balaban J connectivity index is 1.43. The van der Waals surface area contributed by atoms with Crippen molar-refractivity contribution in [1.82, 2.24) is 14.7 Å². The molecule has 1 saturated heterocycles. The topological polar surface area (TPSA) is 103 Å². The number of nitrogens with zero attached hydrogens (tertiary/aromatic N) is 5. The first-order valence-electron chi connectivity index (χ1n) is 12.6. The second-order valence-electron chi connectivity index (χ2n) is 9.28. The molecule has 0 N–H and O–H groups in total. The average molecular weight is 528 g/mol. The first kappa shape index (κ1) is 25.8. The largest absolute Gasteiger partial charge is 0.497 e. The molecule has 0 aliphatic carbocycles. The van der Waals surface area contributed by atoms with Gasteiger partial charge >= 0.3 is 0 Å². The van der Waals surface area contributed by atoms with E-state index in [1.165, 1.54) is 12.1 Å². The minimum absolute atomic E-state index is 0.0567. The molecule has 10 heteroatoms. The van der Waals surface area contributed by atoms with Gasteiger partial charge in [0.15, 0.2) is 0 Å². The molecular weight excluding hydrogens is 498 g/mol. The lowest BCUT2D eigenvalue weighted by Gasteiger charge is -2.36. The monoisotopic (exact) mass is 527 g/mol. The van der Waals surface area contributed by atoms with Crippen molar-refractivity contribution in [2.24, 2.45) is 0 Å². The average Bonchev–Trinajstić information content (AvgIpc) is 3.42. The third-order valence-corrected chi connectivity index (χ3v) is 6.85. The maximum atomic E-state index is 13.9. The molecule has 10 nitrogen and oxygen atoms in total. The van der Waals surface area contributed by atoms with E-state index in [0.717, 1.165) is 22.5 Å². The first-order valence-corrected chi connectivity index (χ1v) is 12.6. The number of hydrogen-bond donors (Lipinski definition) is 0. The van der Waals surface area contributed by atoms with Gasteiger partial charge in [0.05, 0.1) is 30.5 Å². The summed E-state index contributed by atoms with van der Waals surface area (Å²) in [5.74, 6) is 1.14. The van der Waals surface area contributed by atoms with Gasteiger partial charge < -0.3 is 19.3 Å².